The fourth-order valence-electron chi connectivity index (χ4n) is 1.25. The number of nitrogens with zero attached hydrogens (tertiary/aromatic N) is 2. The highest BCUT2D eigenvalue weighted by Gasteiger charge is 2.31. The summed E-state index contributed by atoms with van der Waals surface area (Å²) < 4.78 is 29.9. The van der Waals surface area contributed by atoms with Crippen LogP contribution in [0.1, 0.15) is 29.4 Å². The number of alkyl halides is 2. The highest BCUT2D eigenvalue weighted by molar-refractivity contribution is 5.96. The predicted octanol–water partition coefficient (Wildman–Crippen LogP) is 1.69. The standard InChI is InChI=1S/C9H9F2N3O4/c1-2-18-9(15)6-4(12)3-5(14(16)17)13-7(6)8(10)11/h3,8H,2H2,1H3,(H2,12,13). The summed E-state index contributed by atoms with van der Waals surface area (Å²) in [6.07, 6.45) is -3.17. The fraction of sp³-hybridized carbons (Fsp3) is 0.333. The Kier molecular flexibility index (Phi) is 4.08. The molecule has 18 heavy (non-hydrogen) atoms. The van der Waals surface area contributed by atoms with E-state index in [1.807, 2.05) is 0 Å². The highest BCUT2D eigenvalue weighted by Crippen LogP contribution is 2.29. The first-order valence-electron chi connectivity index (χ1n) is 4.78. The van der Waals surface area contributed by atoms with E-state index in [1.54, 1.807) is 0 Å². The first kappa shape index (κ1) is 13.7. The lowest BCUT2D eigenvalue weighted by atomic mass is 10.1. The quantitative estimate of drug-likeness (QED) is 0.501. The van der Waals surface area contributed by atoms with E-state index in [2.05, 4.69) is 9.72 Å². The van der Waals surface area contributed by atoms with E-state index in [0.29, 0.717) is 0 Å². The molecule has 1 rings (SSSR count). The Hall–Kier alpha value is -2.32. The van der Waals surface area contributed by atoms with Gasteiger partial charge < -0.3 is 20.6 Å². The van der Waals surface area contributed by atoms with Crippen LogP contribution in [0.25, 0.3) is 0 Å². The molecule has 1 heterocycles. The maximum absolute atomic E-state index is 12.7. The molecule has 0 unspecified atom stereocenters. The summed E-state index contributed by atoms with van der Waals surface area (Å²) in [7, 11) is 0. The van der Waals surface area contributed by atoms with E-state index < -0.39 is 40.1 Å². The van der Waals surface area contributed by atoms with Crippen LogP contribution in [-0.4, -0.2) is 22.5 Å². The van der Waals surface area contributed by atoms with Gasteiger partial charge in [0, 0.05) is 0 Å². The molecular formula is C9H9F2N3O4. The molecule has 0 aliphatic carbocycles. The van der Waals surface area contributed by atoms with Gasteiger partial charge >= 0.3 is 18.2 Å². The summed E-state index contributed by atoms with van der Waals surface area (Å²) in [5.74, 6) is -1.94. The van der Waals surface area contributed by atoms with Gasteiger partial charge in [-0.3, -0.25) is 0 Å². The van der Waals surface area contributed by atoms with Crippen molar-refractivity contribution in [3.8, 4) is 0 Å². The zero-order valence-electron chi connectivity index (χ0n) is 9.22. The van der Waals surface area contributed by atoms with Gasteiger partial charge in [-0.2, -0.15) is 0 Å². The van der Waals surface area contributed by atoms with Crippen LogP contribution in [0.3, 0.4) is 0 Å². The van der Waals surface area contributed by atoms with E-state index in [4.69, 9.17) is 5.73 Å². The van der Waals surface area contributed by atoms with Crippen LogP contribution in [0.4, 0.5) is 20.3 Å². The number of nitrogens with two attached hydrogens (primary N) is 1. The van der Waals surface area contributed by atoms with Gasteiger partial charge in [-0.05, 0) is 16.8 Å². The number of rotatable bonds is 4. The Bertz CT molecular complexity index is 493. The largest absolute Gasteiger partial charge is 0.462 e. The molecule has 1 aromatic rings. The number of hydrogen-bond acceptors (Lipinski definition) is 6. The van der Waals surface area contributed by atoms with E-state index in [9.17, 15) is 23.7 Å². The molecule has 7 nitrogen and oxygen atoms in total. The van der Waals surface area contributed by atoms with E-state index in [-0.39, 0.29) is 6.61 Å². The van der Waals surface area contributed by atoms with Crippen molar-refractivity contribution in [2.75, 3.05) is 12.3 Å². The summed E-state index contributed by atoms with van der Waals surface area (Å²) in [5, 5.41) is 10.5. The number of esters is 1. The van der Waals surface area contributed by atoms with Crippen molar-refractivity contribution in [2.45, 2.75) is 13.3 Å². The molecule has 0 aliphatic heterocycles. The predicted molar refractivity (Wildman–Crippen MR) is 56.2 cm³/mol. The highest BCUT2D eigenvalue weighted by atomic mass is 19.3. The topological polar surface area (TPSA) is 108 Å². The van der Waals surface area contributed by atoms with Crippen LogP contribution >= 0.6 is 0 Å². The molecule has 0 aromatic carbocycles. The van der Waals surface area contributed by atoms with E-state index in [0.717, 1.165) is 6.07 Å². The van der Waals surface area contributed by atoms with Crippen LogP contribution in [0.2, 0.25) is 0 Å². The fourth-order valence-corrected chi connectivity index (χ4v) is 1.25. The smallest absolute Gasteiger partial charge is 0.366 e. The third kappa shape index (κ3) is 2.67. The molecule has 0 bridgehead atoms. The summed E-state index contributed by atoms with van der Waals surface area (Å²) >= 11 is 0. The maximum atomic E-state index is 12.7. The minimum absolute atomic E-state index is 0.0437. The van der Waals surface area contributed by atoms with Crippen LogP contribution in [0.15, 0.2) is 6.07 Å². The minimum atomic E-state index is -3.17. The van der Waals surface area contributed by atoms with Crippen molar-refractivity contribution >= 4 is 17.5 Å². The number of carbonyl (C=O) groups is 1. The Morgan fingerprint density at radius 2 is 2.28 bits per heavy atom. The summed E-state index contributed by atoms with van der Waals surface area (Å²) in [4.78, 5) is 24.0. The van der Waals surface area contributed by atoms with Crippen molar-refractivity contribution in [1.82, 2.24) is 4.98 Å². The van der Waals surface area contributed by atoms with Crippen molar-refractivity contribution in [1.29, 1.82) is 0 Å². The van der Waals surface area contributed by atoms with Gasteiger partial charge in [0.15, 0.2) is 0 Å². The molecule has 98 valence electrons. The lowest BCUT2D eigenvalue weighted by Crippen LogP contribution is -2.14. The molecule has 2 N–H and O–H groups in total. The van der Waals surface area contributed by atoms with Gasteiger partial charge in [0.1, 0.15) is 5.56 Å². The first-order chi connectivity index (χ1) is 8.38. The third-order valence-corrected chi connectivity index (χ3v) is 1.94. The summed E-state index contributed by atoms with van der Waals surface area (Å²) in [5.41, 5.74) is 3.19. The summed E-state index contributed by atoms with van der Waals surface area (Å²) in [6, 6.07) is 0.734. The Morgan fingerprint density at radius 3 is 2.72 bits per heavy atom. The van der Waals surface area contributed by atoms with E-state index in [1.165, 1.54) is 6.92 Å². The SMILES string of the molecule is CCOC(=O)c1c(N)cc([N+](=O)[O-])nc1C(F)F. The van der Waals surface area contributed by atoms with E-state index >= 15 is 0 Å². The second-order valence-corrected chi connectivity index (χ2v) is 3.11. The second kappa shape index (κ2) is 5.34. The number of ether oxygens (including phenoxy) is 1. The molecule has 0 amide bonds. The molecule has 0 spiro atoms. The molecule has 0 radical (unpaired) electrons. The molecule has 0 saturated carbocycles. The van der Waals surface area contributed by atoms with Gasteiger partial charge in [0.2, 0.25) is 5.69 Å². The number of pyridine rings is 1. The van der Waals surface area contributed by atoms with Gasteiger partial charge in [0.25, 0.3) is 0 Å². The van der Waals surface area contributed by atoms with Crippen molar-refractivity contribution < 1.29 is 23.2 Å². The van der Waals surface area contributed by atoms with Crippen molar-refractivity contribution in [3.05, 3.63) is 27.4 Å². The zero-order valence-corrected chi connectivity index (χ0v) is 9.22. The summed E-state index contributed by atoms with van der Waals surface area (Å²) in [6.45, 7) is 1.44. The molecule has 0 aliphatic rings. The number of halogens is 2. The van der Waals surface area contributed by atoms with Crippen molar-refractivity contribution in [2.24, 2.45) is 0 Å². The Labute approximate surface area is 99.7 Å². The number of anilines is 1. The maximum Gasteiger partial charge on any atom is 0.366 e. The van der Waals surface area contributed by atoms with Gasteiger partial charge in [0.05, 0.1) is 18.4 Å². The van der Waals surface area contributed by atoms with Crippen LogP contribution < -0.4 is 5.73 Å². The monoisotopic (exact) mass is 261 g/mol. The molecule has 1 aromatic heterocycles. The average molecular weight is 261 g/mol. The molecule has 9 heteroatoms. The zero-order chi connectivity index (χ0) is 13.9. The van der Waals surface area contributed by atoms with Gasteiger partial charge in [-0.15, -0.1) is 0 Å². The number of nitrogen functional groups attached to an aromatic ring is 1. The van der Waals surface area contributed by atoms with Crippen LogP contribution in [-0.2, 0) is 4.74 Å². The average Bonchev–Trinajstić information content (AvgIpc) is 2.27. The van der Waals surface area contributed by atoms with Crippen LogP contribution in [0, 0.1) is 10.1 Å². The minimum Gasteiger partial charge on any atom is -0.462 e. The lowest BCUT2D eigenvalue weighted by molar-refractivity contribution is -0.389. The van der Waals surface area contributed by atoms with Crippen molar-refractivity contribution in [3.63, 3.8) is 0 Å². The number of aromatic nitrogens is 1. The Balaban J connectivity index is 3.41. The first-order valence-corrected chi connectivity index (χ1v) is 4.78. The Morgan fingerprint density at radius 1 is 1.67 bits per heavy atom. The normalized spacial score (nSPS) is 10.4. The lowest BCUT2D eigenvalue weighted by Gasteiger charge is -2.07. The number of nitro groups is 1. The molecule has 0 saturated heterocycles. The van der Waals surface area contributed by atoms with Gasteiger partial charge in [-0.1, -0.05) is 0 Å². The molecule has 0 atom stereocenters. The number of carbonyl (C=O) groups excluding carboxylic acids is 1. The van der Waals surface area contributed by atoms with Gasteiger partial charge in [-0.25, -0.2) is 13.6 Å². The molecule has 0 fully saturated rings. The third-order valence-electron chi connectivity index (χ3n) is 1.94. The molecular weight excluding hydrogens is 252 g/mol. The second-order valence-electron chi connectivity index (χ2n) is 3.11. The van der Waals surface area contributed by atoms with Crippen LogP contribution in [0.5, 0.6) is 0 Å². The number of hydrogen-bond donors (Lipinski definition) is 1.